The van der Waals surface area contributed by atoms with Crippen molar-refractivity contribution < 1.29 is 9.18 Å². The fraction of sp³-hybridized carbons (Fsp3) is 0.259. The number of pyridine rings is 1. The van der Waals surface area contributed by atoms with E-state index in [1.165, 1.54) is 11.1 Å². The summed E-state index contributed by atoms with van der Waals surface area (Å²) in [7, 11) is 0. The van der Waals surface area contributed by atoms with E-state index >= 15 is 0 Å². The summed E-state index contributed by atoms with van der Waals surface area (Å²) in [5.41, 5.74) is 14.8. The smallest absolute Gasteiger partial charge is 0.248 e. The molecule has 0 aliphatic heterocycles. The minimum Gasteiger partial charge on any atom is -0.382 e. The summed E-state index contributed by atoms with van der Waals surface area (Å²) in [5.74, 6) is -0.441. The topological polar surface area (TPSA) is 72.4 Å². The number of nitrogens with one attached hydrogen (secondary N) is 1. The maximum absolute atomic E-state index is 13.4. The number of carbonyl (C=O) groups excluding carboxylic acids is 1. The van der Waals surface area contributed by atoms with E-state index in [0.29, 0.717) is 18.5 Å². The molecule has 1 atom stereocenters. The number of fused-ring (bicyclic) bond motifs is 1. The standard InChI is InChI=1S/C27H29FN4O/c1-16-5-6-21(11-17(16)2)25-14-31-27-24(30-10-9-19(4)28)13-22(15-32(25)27)20-7-8-23(26(29)33)18(3)12-20/h5-8,11-15,19,30H,9-10H2,1-4H3,(H2,29,33). The number of primary amides is 1. The molecule has 6 heteroatoms. The maximum atomic E-state index is 13.4. The molecule has 2 aromatic carbocycles. The van der Waals surface area contributed by atoms with E-state index in [0.717, 1.165) is 39.3 Å². The van der Waals surface area contributed by atoms with Crippen molar-refractivity contribution in [3.8, 4) is 22.4 Å². The Morgan fingerprint density at radius 1 is 1.03 bits per heavy atom. The Bertz CT molecular complexity index is 1340. The first-order valence-corrected chi connectivity index (χ1v) is 11.1. The van der Waals surface area contributed by atoms with Crippen LogP contribution in [0.2, 0.25) is 0 Å². The number of nitrogens with two attached hydrogens (primary N) is 1. The molecule has 0 spiro atoms. The van der Waals surface area contributed by atoms with E-state index in [2.05, 4.69) is 52.9 Å². The number of rotatable bonds is 7. The number of imidazole rings is 1. The third-order valence-electron chi connectivity index (χ3n) is 6.09. The number of nitrogens with zero attached hydrogens (tertiary/aromatic N) is 2. The van der Waals surface area contributed by atoms with Crippen molar-refractivity contribution in [1.29, 1.82) is 0 Å². The molecule has 0 saturated carbocycles. The van der Waals surface area contributed by atoms with Gasteiger partial charge in [-0.1, -0.05) is 24.3 Å². The van der Waals surface area contributed by atoms with Gasteiger partial charge in [-0.25, -0.2) is 9.37 Å². The number of aromatic nitrogens is 2. The lowest BCUT2D eigenvalue weighted by atomic mass is 10.00. The minimum atomic E-state index is -0.883. The molecule has 4 aromatic rings. The number of benzene rings is 2. The van der Waals surface area contributed by atoms with Crippen molar-refractivity contribution in [3.63, 3.8) is 0 Å². The molecular weight excluding hydrogens is 415 g/mol. The van der Waals surface area contributed by atoms with Crippen LogP contribution in [-0.4, -0.2) is 28.0 Å². The second kappa shape index (κ2) is 9.06. The zero-order valence-corrected chi connectivity index (χ0v) is 19.4. The number of halogens is 1. The van der Waals surface area contributed by atoms with Gasteiger partial charge < -0.3 is 11.1 Å². The lowest BCUT2D eigenvalue weighted by molar-refractivity contribution is 0.0999. The van der Waals surface area contributed by atoms with E-state index in [1.54, 1.807) is 13.0 Å². The fourth-order valence-corrected chi connectivity index (χ4v) is 4.01. The normalized spacial score (nSPS) is 12.2. The van der Waals surface area contributed by atoms with Gasteiger partial charge in [0, 0.05) is 29.4 Å². The average Bonchev–Trinajstić information content (AvgIpc) is 3.19. The van der Waals surface area contributed by atoms with Crippen LogP contribution in [0.1, 0.15) is 40.4 Å². The second-order valence-electron chi connectivity index (χ2n) is 8.67. The SMILES string of the molecule is Cc1ccc(-c2cnc3c(NCCC(C)F)cc(-c4ccc(C(N)=O)c(C)c4)cn23)cc1C. The number of anilines is 1. The fourth-order valence-electron chi connectivity index (χ4n) is 4.01. The summed E-state index contributed by atoms with van der Waals surface area (Å²) in [6.07, 6.45) is 3.45. The van der Waals surface area contributed by atoms with Gasteiger partial charge in [-0.05, 0) is 74.6 Å². The van der Waals surface area contributed by atoms with E-state index in [9.17, 15) is 9.18 Å². The molecule has 4 rings (SSSR count). The van der Waals surface area contributed by atoms with Crippen molar-refractivity contribution in [2.24, 2.45) is 5.73 Å². The first-order valence-electron chi connectivity index (χ1n) is 11.1. The van der Waals surface area contributed by atoms with Gasteiger partial charge >= 0.3 is 0 Å². The maximum Gasteiger partial charge on any atom is 0.248 e. The Kier molecular flexibility index (Phi) is 6.18. The molecule has 0 aliphatic carbocycles. The van der Waals surface area contributed by atoms with Crippen LogP contribution in [0.25, 0.3) is 28.0 Å². The Morgan fingerprint density at radius 2 is 1.76 bits per heavy atom. The van der Waals surface area contributed by atoms with E-state index in [1.807, 2.05) is 31.3 Å². The summed E-state index contributed by atoms with van der Waals surface area (Å²) in [4.78, 5) is 16.3. The highest BCUT2D eigenvalue weighted by molar-refractivity contribution is 5.95. The second-order valence-corrected chi connectivity index (χ2v) is 8.67. The van der Waals surface area contributed by atoms with E-state index in [-0.39, 0.29) is 0 Å². The van der Waals surface area contributed by atoms with Gasteiger partial charge in [-0.3, -0.25) is 9.20 Å². The highest BCUT2D eigenvalue weighted by Gasteiger charge is 2.14. The molecule has 33 heavy (non-hydrogen) atoms. The van der Waals surface area contributed by atoms with Gasteiger partial charge in [0.1, 0.15) is 0 Å². The van der Waals surface area contributed by atoms with E-state index < -0.39 is 12.1 Å². The van der Waals surface area contributed by atoms with Gasteiger partial charge in [0.25, 0.3) is 0 Å². The first kappa shape index (κ1) is 22.5. The molecule has 0 radical (unpaired) electrons. The molecule has 0 fully saturated rings. The number of hydrogen-bond donors (Lipinski definition) is 2. The summed E-state index contributed by atoms with van der Waals surface area (Å²) in [6, 6.07) is 14.0. The lowest BCUT2D eigenvalue weighted by Crippen LogP contribution is -2.12. The first-order chi connectivity index (χ1) is 15.7. The largest absolute Gasteiger partial charge is 0.382 e. The molecule has 0 bridgehead atoms. The van der Waals surface area contributed by atoms with Gasteiger partial charge in [0.15, 0.2) is 5.65 Å². The molecule has 0 aliphatic rings. The average molecular weight is 445 g/mol. The monoisotopic (exact) mass is 444 g/mol. The molecule has 1 amide bonds. The lowest BCUT2D eigenvalue weighted by Gasteiger charge is -2.14. The predicted octanol–water partition coefficient (Wildman–Crippen LogP) is 5.85. The highest BCUT2D eigenvalue weighted by atomic mass is 19.1. The summed E-state index contributed by atoms with van der Waals surface area (Å²) in [5, 5.41) is 3.36. The van der Waals surface area contributed by atoms with Crippen LogP contribution < -0.4 is 11.1 Å². The van der Waals surface area contributed by atoms with Gasteiger partial charge in [0.05, 0.1) is 23.7 Å². The molecule has 0 saturated heterocycles. The third-order valence-corrected chi connectivity index (χ3v) is 6.09. The van der Waals surface area contributed by atoms with Crippen molar-refractivity contribution >= 4 is 17.2 Å². The van der Waals surface area contributed by atoms with Crippen molar-refractivity contribution in [3.05, 3.63) is 77.1 Å². The van der Waals surface area contributed by atoms with Gasteiger partial charge in [-0.2, -0.15) is 0 Å². The quantitative estimate of drug-likeness (QED) is 0.375. The van der Waals surface area contributed by atoms with Crippen molar-refractivity contribution in [1.82, 2.24) is 9.38 Å². The van der Waals surface area contributed by atoms with E-state index in [4.69, 9.17) is 5.73 Å². The Morgan fingerprint density at radius 3 is 2.42 bits per heavy atom. The molecule has 2 heterocycles. The zero-order valence-electron chi connectivity index (χ0n) is 19.4. The van der Waals surface area contributed by atoms with Gasteiger partial charge in [-0.15, -0.1) is 0 Å². The number of aryl methyl sites for hydroxylation is 3. The van der Waals surface area contributed by atoms with Crippen LogP contribution in [0.4, 0.5) is 10.1 Å². The number of hydrogen-bond acceptors (Lipinski definition) is 3. The predicted molar refractivity (Wildman–Crippen MR) is 132 cm³/mol. The summed E-state index contributed by atoms with van der Waals surface area (Å²) < 4.78 is 15.5. The number of amides is 1. The molecule has 5 nitrogen and oxygen atoms in total. The van der Waals surface area contributed by atoms with Crippen LogP contribution >= 0.6 is 0 Å². The number of alkyl halides is 1. The van der Waals surface area contributed by atoms with Crippen molar-refractivity contribution in [2.45, 2.75) is 40.3 Å². The van der Waals surface area contributed by atoms with Crippen LogP contribution in [0.15, 0.2) is 54.9 Å². The van der Waals surface area contributed by atoms with Gasteiger partial charge in [0.2, 0.25) is 5.91 Å². The van der Waals surface area contributed by atoms with Crippen LogP contribution in [0.3, 0.4) is 0 Å². The van der Waals surface area contributed by atoms with Crippen LogP contribution in [0, 0.1) is 20.8 Å². The Balaban J connectivity index is 1.87. The molecular formula is C27H29FN4O. The molecule has 3 N–H and O–H groups in total. The Hall–Kier alpha value is -3.67. The van der Waals surface area contributed by atoms with Crippen molar-refractivity contribution in [2.75, 3.05) is 11.9 Å². The summed E-state index contributed by atoms with van der Waals surface area (Å²) in [6.45, 7) is 8.13. The van der Waals surface area contributed by atoms with Crippen LogP contribution in [-0.2, 0) is 0 Å². The molecule has 2 aromatic heterocycles. The summed E-state index contributed by atoms with van der Waals surface area (Å²) >= 11 is 0. The Labute approximate surface area is 193 Å². The molecule has 1 unspecified atom stereocenters. The van der Waals surface area contributed by atoms with Crippen LogP contribution in [0.5, 0.6) is 0 Å². The minimum absolute atomic E-state index is 0.410. The third kappa shape index (κ3) is 4.60. The zero-order chi connectivity index (χ0) is 23.7. The highest BCUT2D eigenvalue weighted by Crippen LogP contribution is 2.31. The number of carbonyl (C=O) groups is 1. The molecule has 170 valence electrons.